The molecule has 6 rings (SSSR count). The average Bonchev–Trinajstić information content (AvgIpc) is 3.50. The van der Waals surface area contributed by atoms with E-state index in [0.717, 1.165) is 11.2 Å². The number of carboxylic acid groups (broad SMARTS) is 1. The van der Waals surface area contributed by atoms with Gasteiger partial charge in [0.05, 0.1) is 22.3 Å². The number of aromatic hydroxyl groups is 1. The monoisotopic (exact) mass is 532 g/mol. The average molecular weight is 533 g/mol. The van der Waals surface area contributed by atoms with Crippen molar-refractivity contribution in [2.45, 2.75) is 12.5 Å². The van der Waals surface area contributed by atoms with Gasteiger partial charge in [-0.3, -0.25) is 9.59 Å². The molecule has 4 aromatic carbocycles. The number of phenolic OH excluding ortho intramolecular Hbond substituents is 1. The van der Waals surface area contributed by atoms with E-state index in [9.17, 15) is 24.6 Å². The smallest absolute Gasteiger partial charge is 0.326 e. The fraction of sp³-hybridized carbons (Fsp3) is 0.0645. The van der Waals surface area contributed by atoms with Gasteiger partial charge in [-0.2, -0.15) is 0 Å². The summed E-state index contributed by atoms with van der Waals surface area (Å²) in [6, 6.07) is 26.9. The molecule has 0 spiro atoms. The van der Waals surface area contributed by atoms with Crippen LogP contribution in [-0.4, -0.2) is 42.5 Å². The van der Waals surface area contributed by atoms with E-state index < -0.39 is 17.9 Å². The summed E-state index contributed by atoms with van der Waals surface area (Å²) in [5.74, 6) is -1.76. The molecule has 0 aliphatic heterocycles. The Morgan fingerprint density at radius 2 is 1.50 bits per heavy atom. The predicted octanol–water partition coefficient (Wildman–Crippen LogP) is 4.39. The lowest BCUT2D eigenvalue weighted by molar-refractivity contribution is -0.139. The van der Waals surface area contributed by atoms with Crippen molar-refractivity contribution in [1.82, 2.24) is 19.7 Å². The molecule has 6 aromatic rings. The molecule has 2 aromatic heterocycles. The SMILES string of the molecule is O=C(N[C@@H](Cc1c[nH]c2ccc(O)cc12)C(=O)O)c1ccc2c(c1)c(=O)n(-c1ccccc1)n2-c1ccccc1. The third-order valence-electron chi connectivity index (χ3n) is 6.89. The normalized spacial score (nSPS) is 12.0. The van der Waals surface area contributed by atoms with E-state index in [-0.39, 0.29) is 23.3 Å². The lowest BCUT2D eigenvalue weighted by atomic mass is 10.0. The second-order valence-electron chi connectivity index (χ2n) is 9.44. The van der Waals surface area contributed by atoms with Gasteiger partial charge < -0.3 is 20.5 Å². The molecule has 0 fully saturated rings. The van der Waals surface area contributed by atoms with E-state index in [4.69, 9.17) is 0 Å². The van der Waals surface area contributed by atoms with Crippen LogP contribution in [-0.2, 0) is 11.2 Å². The first-order valence-corrected chi connectivity index (χ1v) is 12.6. The Morgan fingerprint density at radius 3 is 2.17 bits per heavy atom. The number of hydrogen-bond donors (Lipinski definition) is 4. The lowest BCUT2D eigenvalue weighted by Gasteiger charge is -2.15. The minimum atomic E-state index is -1.24. The molecule has 4 N–H and O–H groups in total. The number of nitrogens with zero attached hydrogens (tertiary/aromatic N) is 2. The molecule has 0 bridgehead atoms. The summed E-state index contributed by atoms with van der Waals surface area (Å²) in [6.07, 6.45) is 1.66. The summed E-state index contributed by atoms with van der Waals surface area (Å²) >= 11 is 0. The number of phenols is 1. The highest BCUT2D eigenvalue weighted by atomic mass is 16.4. The second kappa shape index (κ2) is 9.95. The van der Waals surface area contributed by atoms with E-state index in [1.807, 2.05) is 60.7 Å². The van der Waals surface area contributed by atoms with Gasteiger partial charge in [0.25, 0.3) is 11.5 Å². The molecular weight excluding hydrogens is 508 g/mol. The van der Waals surface area contributed by atoms with Crippen molar-refractivity contribution in [2.24, 2.45) is 0 Å². The Hall–Kier alpha value is -5.57. The largest absolute Gasteiger partial charge is 0.508 e. The van der Waals surface area contributed by atoms with Crippen LogP contribution in [0.15, 0.2) is 108 Å². The topological polar surface area (TPSA) is 129 Å². The zero-order chi connectivity index (χ0) is 27.8. The Balaban J connectivity index is 1.37. The number of nitrogens with one attached hydrogen (secondary N) is 2. The lowest BCUT2D eigenvalue weighted by Crippen LogP contribution is -2.42. The Kier molecular flexibility index (Phi) is 6.16. The number of rotatable bonds is 7. The first kappa shape index (κ1) is 24.7. The van der Waals surface area contributed by atoms with Gasteiger partial charge >= 0.3 is 5.97 Å². The third-order valence-corrected chi connectivity index (χ3v) is 6.89. The van der Waals surface area contributed by atoms with Crippen molar-refractivity contribution in [3.63, 3.8) is 0 Å². The highest BCUT2D eigenvalue weighted by Gasteiger charge is 2.24. The number of aromatic nitrogens is 3. The highest BCUT2D eigenvalue weighted by Crippen LogP contribution is 2.25. The van der Waals surface area contributed by atoms with E-state index in [1.54, 1.807) is 39.8 Å². The molecule has 40 heavy (non-hydrogen) atoms. The maximum absolute atomic E-state index is 13.7. The third kappa shape index (κ3) is 4.39. The molecule has 0 saturated carbocycles. The molecule has 0 saturated heterocycles. The van der Waals surface area contributed by atoms with Gasteiger partial charge in [0.1, 0.15) is 11.8 Å². The van der Waals surface area contributed by atoms with Gasteiger partial charge in [0, 0.05) is 29.1 Å². The summed E-state index contributed by atoms with van der Waals surface area (Å²) in [7, 11) is 0. The van der Waals surface area contributed by atoms with Gasteiger partial charge in [-0.05, 0) is 66.2 Å². The van der Waals surface area contributed by atoms with Crippen LogP contribution in [0.25, 0.3) is 33.2 Å². The zero-order valence-corrected chi connectivity index (χ0v) is 21.1. The van der Waals surface area contributed by atoms with Crippen LogP contribution in [0.3, 0.4) is 0 Å². The number of carboxylic acids is 1. The number of fused-ring (bicyclic) bond motifs is 2. The molecule has 0 aliphatic rings. The van der Waals surface area contributed by atoms with Gasteiger partial charge in [-0.25, -0.2) is 14.2 Å². The van der Waals surface area contributed by atoms with Crippen molar-refractivity contribution in [1.29, 1.82) is 0 Å². The second-order valence-corrected chi connectivity index (χ2v) is 9.44. The van der Waals surface area contributed by atoms with Crippen LogP contribution in [0, 0.1) is 0 Å². The first-order chi connectivity index (χ1) is 19.4. The quantitative estimate of drug-likeness (QED) is 0.242. The number of carbonyl (C=O) groups excluding carboxylic acids is 1. The zero-order valence-electron chi connectivity index (χ0n) is 21.1. The van der Waals surface area contributed by atoms with Crippen molar-refractivity contribution in [2.75, 3.05) is 0 Å². The summed E-state index contributed by atoms with van der Waals surface area (Å²) in [6.45, 7) is 0. The van der Waals surface area contributed by atoms with Crippen molar-refractivity contribution in [3.05, 3.63) is 125 Å². The maximum atomic E-state index is 13.7. The molecule has 198 valence electrons. The Bertz CT molecular complexity index is 1940. The van der Waals surface area contributed by atoms with Gasteiger partial charge in [-0.15, -0.1) is 0 Å². The van der Waals surface area contributed by atoms with Crippen molar-refractivity contribution in [3.8, 4) is 17.1 Å². The number of benzene rings is 4. The van der Waals surface area contributed by atoms with Crippen molar-refractivity contribution >= 4 is 33.7 Å². The van der Waals surface area contributed by atoms with Crippen LogP contribution < -0.4 is 10.9 Å². The number of amides is 1. The van der Waals surface area contributed by atoms with Crippen LogP contribution in [0.2, 0.25) is 0 Å². The minimum Gasteiger partial charge on any atom is -0.508 e. The Morgan fingerprint density at radius 1 is 0.825 bits per heavy atom. The molecule has 0 aliphatic carbocycles. The molecule has 9 heteroatoms. The van der Waals surface area contributed by atoms with E-state index >= 15 is 0 Å². The number of aromatic amines is 1. The molecule has 0 unspecified atom stereocenters. The summed E-state index contributed by atoms with van der Waals surface area (Å²) in [4.78, 5) is 42.1. The van der Waals surface area contributed by atoms with Crippen molar-refractivity contribution < 1.29 is 19.8 Å². The molecule has 1 atom stereocenters. The minimum absolute atomic E-state index is 0.00202. The van der Waals surface area contributed by atoms with E-state index in [1.165, 1.54) is 12.1 Å². The number of H-pyrrole nitrogens is 1. The highest BCUT2D eigenvalue weighted by molar-refractivity contribution is 6.00. The van der Waals surface area contributed by atoms with Crippen LogP contribution in [0.4, 0.5) is 0 Å². The fourth-order valence-corrected chi connectivity index (χ4v) is 4.97. The molecule has 2 heterocycles. The Labute approximate surface area is 227 Å². The first-order valence-electron chi connectivity index (χ1n) is 12.6. The number of hydrogen-bond acceptors (Lipinski definition) is 4. The standard InChI is InChI=1S/C31H24N4O5/c36-23-12-13-26-24(17-23)20(18-32-26)16-27(31(39)40)33-29(37)19-11-14-28-25(15-19)30(38)35(22-9-5-2-6-10-22)34(28)21-7-3-1-4-8-21/h1-15,17-18,27,32,36H,16H2,(H,33,37)(H,39,40)/t27-/m0/s1. The van der Waals surface area contributed by atoms with Crippen LogP contribution in [0.1, 0.15) is 15.9 Å². The summed E-state index contributed by atoms with van der Waals surface area (Å²) in [5.41, 5.74) is 3.27. The van der Waals surface area contributed by atoms with E-state index in [0.29, 0.717) is 27.5 Å². The fourth-order valence-electron chi connectivity index (χ4n) is 4.97. The number of carbonyl (C=O) groups is 2. The van der Waals surface area contributed by atoms with E-state index in [2.05, 4.69) is 10.3 Å². The van der Waals surface area contributed by atoms with Gasteiger partial charge in [0.2, 0.25) is 0 Å². The van der Waals surface area contributed by atoms with Gasteiger partial charge in [0.15, 0.2) is 0 Å². The predicted molar refractivity (Wildman–Crippen MR) is 151 cm³/mol. The number of aliphatic carboxylic acids is 1. The van der Waals surface area contributed by atoms with Gasteiger partial charge in [-0.1, -0.05) is 36.4 Å². The maximum Gasteiger partial charge on any atom is 0.326 e. The molecule has 9 nitrogen and oxygen atoms in total. The van der Waals surface area contributed by atoms with Crippen LogP contribution in [0.5, 0.6) is 5.75 Å². The summed E-state index contributed by atoms with van der Waals surface area (Å²) < 4.78 is 3.34. The molecule has 1 amide bonds. The number of para-hydroxylation sites is 2. The summed E-state index contributed by atoms with van der Waals surface area (Å²) in [5, 5.41) is 23.3. The van der Waals surface area contributed by atoms with Crippen LogP contribution >= 0.6 is 0 Å². The molecular formula is C31H24N4O5. The molecule has 0 radical (unpaired) electrons.